The molecule has 10 heavy (non-hydrogen) atoms. The van der Waals surface area contributed by atoms with Gasteiger partial charge in [0.15, 0.2) is 0 Å². The van der Waals surface area contributed by atoms with Gasteiger partial charge >= 0.3 is 7.60 Å². The van der Waals surface area contributed by atoms with Crippen molar-refractivity contribution < 1.29 is 19.1 Å². The molecular formula is C3H11BO4P2. The first-order chi connectivity index (χ1) is 4.56. The minimum Gasteiger partial charge on any atom is -0.370 e. The topological polar surface area (TPSA) is 66.8 Å². The minimum absolute atomic E-state index is 0.411. The average Bonchev–Trinajstić information content (AvgIpc) is 1.78. The number of hydrogen-bond donors (Lipinski definition) is 2. The highest BCUT2D eigenvalue weighted by molar-refractivity contribution is 7.55. The third-order valence-electron chi connectivity index (χ3n) is 0.752. The number of rotatable bonds is 5. The fourth-order valence-corrected chi connectivity index (χ4v) is 0.902. The summed E-state index contributed by atoms with van der Waals surface area (Å²) in [6, 6.07) is 0. The standard InChI is InChI=1S/C3H11BO4P2/c5-10(6,7)3-8-2-1-4-9/h4H,1-3,9H2,(H2,5,6,7). The Morgan fingerprint density at radius 2 is 2.20 bits per heavy atom. The summed E-state index contributed by atoms with van der Waals surface area (Å²) in [5.41, 5.74) is 0. The molecule has 0 fully saturated rings. The molecule has 0 amide bonds. The molecule has 0 radical (unpaired) electrons. The zero-order valence-electron chi connectivity index (χ0n) is 5.56. The van der Waals surface area contributed by atoms with Crippen molar-refractivity contribution in [3.63, 3.8) is 0 Å². The van der Waals surface area contributed by atoms with Gasteiger partial charge in [-0.25, -0.2) is 0 Å². The summed E-state index contributed by atoms with van der Waals surface area (Å²) < 4.78 is 14.8. The predicted octanol–water partition coefficient (Wildman–Crippen LogP) is -0.217. The van der Waals surface area contributed by atoms with E-state index >= 15 is 0 Å². The fraction of sp³-hybridized carbons (Fsp3) is 1.00. The van der Waals surface area contributed by atoms with Gasteiger partial charge in [-0.05, 0) is 6.32 Å². The Bertz CT molecular complexity index is 124. The maximum absolute atomic E-state index is 10.2. The van der Waals surface area contributed by atoms with Gasteiger partial charge in [0.25, 0.3) is 0 Å². The Morgan fingerprint density at radius 3 is 2.60 bits per heavy atom. The molecular weight excluding hydrogens is 173 g/mol. The molecule has 0 aromatic rings. The lowest BCUT2D eigenvalue weighted by atomic mass is 10.0. The van der Waals surface area contributed by atoms with Crippen molar-refractivity contribution in [1.82, 2.24) is 0 Å². The molecule has 0 saturated carbocycles. The maximum Gasteiger partial charge on any atom is 0.350 e. The summed E-state index contributed by atoms with van der Waals surface area (Å²) in [4.78, 5) is 16.6. The zero-order valence-corrected chi connectivity index (χ0v) is 7.61. The summed E-state index contributed by atoms with van der Waals surface area (Å²) in [7, 11) is -1.43. The highest BCUT2D eigenvalue weighted by Gasteiger charge is 2.11. The molecule has 0 heterocycles. The van der Waals surface area contributed by atoms with E-state index in [9.17, 15) is 4.57 Å². The first kappa shape index (κ1) is 10.6. The summed E-state index contributed by atoms with van der Waals surface area (Å²) in [5, 5.41) is 0. The van der Waals surface area contributed by atoms with Crippen LogP contribution in [0.2, 0.25) is 6.32 Å². The van der Waals surface area contributed by atoms with Crippen molar-refractivity contribution in [3.8, 4) is 0 Å². The Kier molecular flexibility index (Phi) is 5.60. The molecule has 7 heteroatoms. The van der Waals surface area contributed by atoms with Gasteiger partial charge in [0.1, 0.15) is 13.3 Å². The summed E-state index contributed by atoms with van der Waals surface area (Å²) in [5.74, 6) is 0. The van der Waals surface area contributed by atoms with Crippen LogP contribution in [0.15, 0.2) is 0 Å². The Labute approximate surface area is 62.9 Å². The summed E-state index contributed by atoms with van der Waals surface area (Å²) in [6.07, 6.45) is 0.350. The van der Waals surface area contributed by atoms with Crippen molar-refractivity contribution >= 4 is 23.7 Å². The van der Waals surface area contributed by atoms with Crippen LogP contribution in [0.5, 0.6) is 0 Å². The second-order valence-electron chi connectivity index (χ2n) is 1.84. The van der Waals surface area contributed by atoms with Gasteiger partial charge in [0.2, 0.25) is 0 Å². The molecule has 0 aromatic carbocycles. The van der Waals surface area contributed by atoms with Crippen LogP contribution in [-0.2, 0) is 9.30 Å². The van der Waals surface area contributed by atoms with E-state index in [1.165, 1.54) is 0 Å². The van der Waals surface area contributed by atoms with Gasteiger partial charge in [-0.3, -0.25) is 4.57 Å². The Hall–Kier alpha value is 0.605. The SMILES string of the molecule is O=P(O)(O)COCCBP. The normalized spacial score (nSPS) is 11.5. The monoisotopic (exact) mass is 184 g/mol. The zero-order chi connectivity index (χ0) is 8.04. The lowest BCUT2D eigenvalue weighted by Crippen LogP contribution is -1.97. The van der Waals surface area contributed by atoms with Crippen LogP contribution in [0.3, 0.4) is 0 Å². The number of ether oxygens (including phenoxy) is 1. The van der Waals surface area contributed by atoms with Crippen LogP contribution < -0.4 is 0 Å². The van der Waals surface area contributed by atoms with E-state index in [0.29, 0.717) is 6.61 Å². The second-order valence-corrected chi connectivity index (χ2v) is 4.01. The fourth-order valence-electron chi connectivity index (χ4n) is 0.369. The molecule has 0 saturated heterocycles. The second kappa shape index (κ2) is 5.28. The van der Waals surface area contributed by atoms with E-state index in [2.05, 4.69) is 13.9 Å². The lowest BCUT2D eigenvalue weighted by Gasteiger charge is -2.03. The molecule has 60 valence electrons. The van der Waals surface area contributed by atoms with Crippen molar-refractivity contribution in [2.75, 3.05) is 13.0 Å². The van der Waals surface area contributed by atoms with Gasteiger partial charge in [0.05, 0.1) is 0 Å². The molecule has 0 rings (SSSR count). The third kappa shape index (κ3) is 8.60. The van der Waals surface area contributed by atoms with Crippen molar-refractivity contribution in [3.05, 3.63) is 0 Å². The van der Waals surface area contributed by atoms with Crippen molar-refractivity contribution in [2.24, 2.45) is 0 Å². The van der Waals surface area contributed by atoms with Crippen LogP contribution in [-0.4, -0.2) is 29.7 Å². The smallest absolute Gasteiger partial charge is 0.350 e. The quantitative estimate of drug-likeness (QED) is 0.352. The summed E-state index contributed by atoms with van der Waals surface area (Å²) >= 11 is 0. The first-order valence-corrected chi connectivity index (χ1v) is 5.50. The minimum atomic E-state index is -3.93. The van der Waals surface area contributed by atoms with Crippen LogP contribution >= 0.6 is 16.7 Å². The molecule has 0 aliphatic carbocycles. The molecule has 0 aliphatic rings. The van der Waals surface area contributed by atoms with Gasteiger partial charge in [-0.1, -0.05) is 0 Å². The van der Waals surface area contributed by atoms with Gasteiger partial charge in [-0.15, -0.1) is 0 Å². The predicted molar refractivity (Wildman–Crippen MR) is 44.5 cm³/mol. The van der Waals surface area contributed by atoms with Crippen LogP contribution in [0.25, 0.3) is 0 Å². The van der Waals surface area contributed by atoms with E-state index in [1.54, 1.807) is 0 Å². The molecule has 0 aromatic heterocycles. The maximum atomic E-state index is 10.2. The van der Waals surface area contributed by atoms with Crippen molar-refractivity contribution in [2.45, 2.75) is 6.32 Å². The number of hydrogen-bond acceptors (Lipinski definition) is 2. The van der Waals surface area contributed by atoms with Crippen LogP contribution in [0.4, 0.5) is 0 Å². The van der Waals surface area contributed by atoms with Crippen LogP contribution in [0.1, 0.15) is 0 Å². The Morgan fingerprint density at radius 1 is 1.60 bits per heavy atom. The molecule has 1 unspecified atom stereocenters. The highest BCUT2D eigenvalue weighted by atomic mass is 31.2. The molecule has 0 bridgehead atoms. The van der Waals surface area contributed by atoms with E-state index in [-0.39, 0.29) is 0 Å². The van der Waals surface area contributed by atoms with Gasteiger partial charge < -0.3 is 14.5 Å². The van der Waals surface area contributed by atoms with E-state index < -0.39 is 13.9 Å². The molecule has 1 atom stereocenters. The van der Waals surface area contributed by atoms with Crippen LogP contribution in [0, 0.1) is 0 Å². The van der Waals surface area contributed by atoms with Crippen molar-refractivity contribution in [1.29, 1.82) is 0 Å². The first-order valence-electron chi connectivity index (χ1n) is 2.88. The largest absolute Gasteiger partial charge is 0.370 e. The van der Waals surface area contributed by atoms with Gasteiger partial charge in [0, 0.05) is 6.61 Å². The average molecular weight is 184 g/mol. The lowest BCUT2D eigenvalue weighted by molar-refractivity contribution is 0.170. The molecule has 0 aliphatic heterocycles. The molecule has 4 nitrogen and oxygen atoms in total. The van der Waals surface area contributed by atoms with Gasteiger partial charge in [-0.2, -0.15) is 9.12 Å². The van der Waals surface area contributed by atoms with E-state index in [4.69, 9.17) is 9.79 Å². The highest BCUT2D eigenvalue weighted by Crippen LogP contribution is 2.33. The third-order valence-corrected chi connectivity index (χ3v) is 1.68. The molecule has 0 spiro atoms. The summed E-state index contributed by atoms with van der Waals surface area (Å²) in [6.45, 7) is 1.30. The Balaban J connectivity index is 3.13. The molecule has 2 N–H and O–H groups in total. The van der Waals surface area contributed by atoms with E-state index in [1.807, 2.05) is 0 Å². The van der Waals surface area contributed by atoms with E-state index in [0.717, 1.165) is 13.3 Å².